The van der Waals surface area contributed by atoms with Gasteiger partial charge in [0, 0.05) is 24.4 Å². The van der Waals surface area contributed by atoms with Gasteiger partial charge in [0.15, 0.2) is 5.78 Å². The predicted molar refractivity (Wildman–Crippen MR) is 125 cm³/mol. The Bertz CT molecular complexity index is 1160. The number of ketones is 1. The molecule has 0 amide bonds. The zero-order chi connectivity index (χ0) is 22.3. The number of rotatable bonds is 5. The molecule has 32 heavy (non-hydrogen) atoms. The minimum atomic E-state index is -0.575. The fourth-order valence-electron chi connectivity index (χ4n) is 5.79. The van der Waals surface area contributed by atoms with Crippen molar-refractivity contribution >= 4 is 5.78 Å². The van der Waals surface area contributed by atoms with Crippen molar-refractivity contribution in [2.75, 3.05) is 0 Å². The van der Waals surface area contributed by atoms with Crippen LogP contribution in [0.5, 0.6) is 0 Å². The average Bonchev–Trinajstić information content (AvgIpc) is 3.37. The Morgan fingerprint density at radius 1 is 1.12 bits per heavy atom. The van der Waals surface area contributed by atoms with E-state index in [1.54, 1.807) is 6.20 Å². The maximum absolute atomic E-state index is 13.8. The van der Waals surface area contributed by atoms with Gasteiger partial charge >= 0.3 is 0 Å². The van der Waals surface area contributed by atoms with Crippen LogP contribution in [-0.4, -0.2) is 15.3 Å². The summed E-state index contributed by atoms with van der Waals surface area (Å²) in [5.74, 6) is 1.75. The van der Waals surface area contributed by atoms with Crippen LogP contribution in [-0.2, 0) is 10.3 Å². The lowest BCUT2D eigenvalue weighted by molar-refractivity contribution is -0.115. The SMILES string of the molecule is CC1CCCC(C)C1=CC(=O)CCC1(c2ccc(F)cc2)c2ccccc2-c2nccn21. The first-order valence-corrected chi connectivity index (χ1v) is 11.6. The predicted octanol–water partition coefficient (Wildman–Crippen LogP) is 6.53. The molecule has 0 bridgehead atoms. The second-order valence-corrected chi connectivity index (χ2v) is 9.38. The standard InChI is InChI=1S/C28H29FN2O/c1-19-6-5-7-20(2)25(19)18-23(32)14-15-28(21-10-12-22(29)13-11-21)26-9-4-3-8-24(26)27-30-16-17-31(27)28/h3-4,8-13,16-20H,5-7,14-15H2,1-2H3. The van der Waals surface area contributed by atoms with E-state index in [0.717, 1.165) is 35.4 Å². The Kier molecular flexibility index (Phi) is 5.32. The number of carbonyl (C=O) groups excluding carboxylic acids is 1. The number of aromatic nitrogens is 2. The van der Waals surface area contributed by atoms with Gasteiger partial charge in [-0.2, -0.15) is 0 Å². The van der Waals surface area contributed by atoms with Crippen molar-refractivity contribution in [2.45, 2.75) is 51.5 Å². The van der Waals surface area contributed by atoms with Crippen molar-refractivity contribution in [1.29, 1.82) is 0 Å². The molecule has 0 N–H and O–H groups in total. The molecular weight excluding hydrogens is 399 g/mol. The molecule has 3 aromatic rings. The number of carbonyl (C=O) groups is 1. The van der Waals surface area contributed by atoms with E-state index in [-0.39, 0.29) is 11.6 Å². The molecule has 3 atom stereocenters. The lowest BCUT2D eigenvalue weighted by Gasteiger charge is -2.33. The topological polar surface area (TPSA) is 34.9 Å². The van der Waals surface area contributed by atoms with E-state index in [1.165, 1.54) is 24.1 Å². The highest BCUT2D eigenvalue weighted by molar-refractivity contribution is 5.90. The van der Waals surface area contributed by atoms with Crippen LogP contribution in [0.25, 0.3) is 11.4 Å². The van der Waals surface area contributed by atoms with Gasteiger partial charge in [0.25, 0.3) is 0 Å². The van der Waals surface area contributed by atoms with Gasteiger partial charge in [-0.25, -0.2) is 9.37 Å². The molecule has 1 fully saturated rings. The van der Waals surface area contributed by atoms with Gasteiger partial charge in [0.2, 0.25) is 0 Å². The molecule has 1 aromatic heterocycles. The molecule has 0 radical (unpaired) electrons. The minimum absolute atomic E-state index is 0.174. The van der Waals surface area contributed by atoms with Gasteiger partial charge in [0.1, 0.15) is 11.6 Å². The van der Waals surface area contributed by atoms with Crippen LogP contribution in [0.4, 0.5) is 4.39 Å². The van der Waals surface area contributed by atoms with E-state index in [9.17, 15) is 9.18 Å². The summed E-state index contributed by atoms with van der Waals surface area (Å²) in [7, 11) is 0. The fraction of sp³-hybridized carbons (Fsp3) is 0.357. The van der Waals surface area contributed by atoms with E-state index >= 15 is 0 Å². The summed E-state index contributed by atoms with van der Waals surface area (Å²) in [6.07, 6.45) is 10.3. The molecule has 3 nitrogen and oxygen atoms in total. The van der Waals surface area contributed by atoms with Gasteiger partial charge in [0.05, 0.1) is 5.54 Å². The first-order valence-electron chi connectivity index (χ1n) is 11.6. The second-order valence-electron chi connectivity index (χ2n) is 9.38. The molecule has 0 spiro atoms. The number of halogens is 1. The molecular formula is C28H29FN2O. The van der Waals surface area contributed by atoms with Crippen LogP contribution < -0.4 is 0 Å². The van der Waals surface area contributed by atoms with Crippen molar-refractivity contribution in [3.63, 3.8) is 0 Å². The van der Waals surface area contributed by atoms with E-state index in [4.69, 9.17) is 0 Å². The van der Waals surface area contributed by atoms with Crippen molar-refractivity contribution in [3.8, 4) is 11.4 Å². The van der Waals surface area contributed by atoms with E-state index in [0.29, 0.717) is 24.7 Å². The smallest absolute Gasteiger partial charge is 0.155 e. The van der Waals surface area contributed by atoms with Gasteiger partial charge in [-0.1, -0.05) is 62.2 Å². The molecule has 1 saturated carbocycles. The maximum atomic E-state index is 13.8. The summed E-state index contributed by atoms with van der Waals surface area (Å²) >= 11 is 0. The van der Waals surface area contributed by atoms with Crippen molar-refractivity contribution in [3.05, 3.63) is 89.5 Å². The zero-order valence-corrected chi connectivity index (χ0v) is 18.7. The zero-order valence-electron chi connectivity index (χ0n) is 18.7. The van der Waals surface area contributed by atoms with E-state index in [2.05, 4.69) is 35.5 Å². The Morgan fingerprint density at radius 3 is 2.59 bits per heavy atom. The normalized spacial score (nSPS) is 24.2. The van der Waals surface area contributed by atoms with Gasteiger partial charge < -0.3 is 4.57 Å². The van der Waals surface area contributed by atoms with Crippen LogP contribution in [0, 0.1) is 17.7 Å². The fourth-order valence-corrected chi connectivity index (χ4v) is 5.79. The first kappa shape index (κ1) is 20.9. The number of hydrogen-bond donors (Lipinski definition) is 0. The quantitative estimate of drug-likeness (QED) is 0.433. The molecule has 2 aliphatic rings. The van der Waals surface area contributed by atoms with Crippen molar-refractivity contribution in [2.24, 2.45) is 11.8 Å². The second kappa shape index (κ2) is 8.16. The average molecular weight is 429 g/mol. The number of fused-ring (bicyclic) bond motifs is 3. The number of allylic oxidation sites excluding steroid dienone is 2. The highest BCUT2D eigenvalue weighted by Gasteiger charge is 2.44. The minimum Gasteiger partial charge on any atom is -0.317 e. The summed E-state index contributed by atoms with van der Waals surface area (Å²) in [6.45, 7) is 4.47. The van der Waals surface area contributed by atoms with E-state index in [1.807, 2.05) is 36.5 Å². The number of imidazole rings is 1. The van der Waals surface area contributed by atoms with Crippen LogP contribution in [0.3, 0.4) is 0 Å². The summed E-state index contributed by atoms with van der Waals surface area (Å²) in [5, 5.41) is 0. The van der Waals surface area contributed by atoms with Gasteiger partial charge in [-0.3, -0.25) is 4.79 Å². The molecule has 4 heteroatoms. The molecule has 1 aliphatic heterocycles. The van der Waals surface area contributed by atoms with Gasteiger partial charge in [-0.15, -0.1) is 0 Å². The molecule has 164 valence electrons. The Balaban J connectivity index is 1.55. The third kappa shape index (κ3) is 3.33. The largest absolute Gasteiger partial charge is 0.317 e. The Hall–Kier alpha value is -3.01. The van der Waals surface area contributed by atoms with Crippen LogP contribution >= 0.6 is 0 Å². The summed E-state index contributed by atoms with van der Waals surface area (Å²) < 4.78 is 16.0. The Morgan fingerprint density at radius 2 is 1.84 bits per heavy atom. The lowest BCUT2D eigenvalue weighted by Crippen LogP contribution is -2.33. The van der Waals surface area contributed by atoms with Crippen LogP contribution in [0.1, 0.15) is 57.1 Å². The highest BCUT2D eigenvalue weighted by atomic mass is 19.1. The molecule has 0 saturated heterocycles. The molecule has 3 unspecified atom stereocenters. The molecule has 5 rings (SSSR count). The molecule has 2 aromatic carbocycles. The number of benzene rings is 2. The van der Waals surface area contributed by atoms with Gasteiger partial charge in [-0.05, 0) is 60.4 Å². The number of hydrogen-bond acceptors (Lipinski definition) is 2. The molecule has 1 aliphatic carbocycles. The number of nitrogens with zero attached hydrogens (tertiary/aromatic N) is 2. The maximum Gasteiger partial charge on any atom is 0.155 e. The van der Waals surface area contributed by atoms with Crippen molar-refractivity contribution < 1.29 is 9.18 Å². The Labute approximate surface area is 189 Å². The van der Waals surface area contributed by atoms with Crippen LogP contribution in [0.15, 0.2) is 72.6 Å². The van der Waals surface area contributed by atoms with Crippen LogP contribution in [0.2, 0.25) is 0 Å². The van der Waals surface area contributed by atoms with Crippen molar-refractivity contribution in [1.82, 2.24) is 9.55 Å². The van der Waals surface area contributed by atoms with E-state index < -0.39 is 5.54 Å². The first-order chi connectivity index (χ1) is 15.5. The summed E-state index contributed by atoms with van der Waals surface area (Å²) in [6, 6.07) is 14.9. The molecule has 2 heterocycles. The third-order valence-corrected chi connectivity index (χ3v) is 7.46. The summed E-state index contributed by atoms with van der Waals surface area (Å²) in [5.41, 5.74) is 3.89. The highest BCUT2D eigenvalue weighted by Crippen LogP contribution is 2.49. The summed E-state index contributed by atoms with van der Waals surface area (Å²) in [4.78, 5) is 17.8. The third-order valence-electron chi connectivity index (χ3n) is 7.46. The monoisotopic (exact) mass is 428 g/mol. The lowest BCUT2D eigenvalue weighted by atomic mass is 9.76.